The second-order valence-corrected chi connectivity index (χ2v) is 10.9. The fourth-order valence-electron chi connectivity index (χ4n) is 5.94. The molecule has 4 nitrogen and oxygen atoms in total. The maximum Gasteiger partial charge on any atom is 0.256 e. The van der Waals surface area contributed by atoms with E-state index in [-0.39, 0.29) is 5.91 Å². The van der Waals surface area contributed by atoms with E-state index in [9.17, 15) is 4.79 Å². The molecule has 4 aromatic carbocycles. The summed E-state index contributed by atoms with van der Waals surface area (Å²) in [4.78, 5) is 14.5. The molecule has 0 bridgehead atoms. The second kappa shape index (κ2) is 14.0. The summed E-state index contributed by atoms with van der Waals surface area (Å²) in [6, 6.07) is 24.6. The largest absolute Gasteiger partial charge is 0.398 e. The Morgan fingerprint density at radius 1 is 0.610 bits per heavy atom. The Kier molecular flexibility index (Phi) is 10.2. The van der Waals surface area contributed by atoms with Gasteiger partial charge < -0.3 is 16.8 Å². The number of amides is 1. The van der Waals surface area contributed by atoms with Gasteiger partial charge in [0.25, 0.3) is 5.91 Å². The third-order valence-electron chi connectivity index (χ3n) is 7.78. The highest BCUT2D eigenvalue weighted by Crippen LogP contribution is 2.40. The van der Waals surface area contributed by atoms with Crippen LogP contribution in [0.2, 0.25) is 0 Å². The van der Waals surface area contributed by atoms with Crippen molar-refractivity contribution < 1.29 is 4.79 Å². The van der Waals surface area contributed by atoms with Gasteiger partial charge in [-0.1, -0.05) is 114 Å². The van der Waals surface area contributed by atoms with Crippen LogP contribution in [0.4, 0.5) is 17.1 Å². The molecule has 0 aliphatic carbocycles. The second-order valence-electron chi connectivity index (χ2n) is 10.9. The van der Waals surface area contributed by atoms with E-state index in [1.807, 2.05) is 42.5 Å². The van der Waals surface area contributed by atoms with E-state index in [0.29, 0.717) is 5.56 Å². The molecule has 4 aromatic rings. The predicted octanol–water partition coefficient (Wildman–Crippen LogP) is 9.25. The topological polar surface area (TPSA) is 81.1 Å². The molecule has 0 spiro atoms. The maximum absolute atomic E-state index is 14.5. The molecule has 4 rings (SSSR count). The number of nitrogens with one attached hydrogen (secondary N) is 1. The zero-order chi connectivity index (χ0) is 29.4. The number of carbonyl (C=O) groups excluding carboxylic acids is 1. The highest BCUT2D eigenvalue weighted by atomic mass is 16.1. The van der Waals surface area contributed by atoms with Crippen molar-refractivity contribution in [3.05, 3.63) is 101 Å². The molecule has 5 N–H and O–H groups in total. The van der Waals surface area contributed by atoms with Crippen LogP contribution in [0.3, 0.4) is 0 Å². The van der Waals surface area contributed by atoms with Crippen molar-refractivity contribution >= 4 is 23.0 Å². The van der Waals surface area contributed by atoms with Gasteiger partial charge in [-0.05, 0) is 76.8 Å². The molecule has 0 fully saturated rings. The van der Waals surface area contributed by atoms with E-state index in [2.05, 4.69) is 63.3 Å². The van der Waals surface area contributed by atoms with Gasteiger partial charge in [0.1, 0.15) is 0 Å². The van der Waals surface area contributed by atoms with Gasteiger partial charge in [-0.3, -0.25) is 4.79 Å². The lowest BCUT2D eigenvalue weighted by Gasteiger charge is -2.23. The lowest BCUT2D eigenvalue weighted by atomic mass is 9.86. The third kappa shape index (κ3) is 6.48. The number of hydrogen-bond acceptors (Lipinski definition) is 3. The monoisotopic (exact) mass is 547 g/mol. The molecule has 0 saturated heterocycles. The van der Waals surface area contributed by atoms with Gasteiger partial charge in [0, 0.05) is 28.2 Å². The minimum atomic E-state index is -0.120. The normalized spacial score (nSPS) is 11.0. The van der Waals surface area contributed by atoms with Crippen molar-refractivity contribution in [3.63, 3.8) is 0 Å². The first-order valence-corrected chi connectivity index (χ1v) is 15.3. The summed E-state index contributed by atoms with van der Waals surface area (Å²) in [5.41, 5.74) is 25.0. The Hall–Kier alpha value is -4.05. The lowest BCUT2D eigenvalue weighted by molar-refractivity contribution is 0.102. The number of carbonyl (C=O) groups is 1. The first kappa shape index (κ1) is 29.9. The molecular formula is C37H45N3O. The first-order valence-electron chi connectivity index (χ1n) is 15.3. The highest BCUT2D eigenvalue weighted by Gasteiger charge is 2.24. The lowest BCUT2D eigenvalue weighted by Crippen LogP contribution is -2.18. The summed E-state index contributed by atoms with van der Waals surface area (Å²) >= 11 is 0. The number of rotatable bonds is 12. The molecule has 214 valence electrons. The maximum atomic E-state index is 14.5. The fraction of sp³-hybridized carbons (Fsp3) is 0.324. The summed E-state index contributed by atoms with van der Waals surface area (Å²) in [6.07, 6.45) is 7.18. The molecule has 0 aromatic heterocycles. The Bertz CT molecular complexity index is 1480. The van der Waals surface area contributed by atoms with E-state index in [0.717, 1.165) is 113 Å². The predicted molar refractivity (Wildman–Crippen MR) is 177 cm³/mol. The van der Waals surface area contributed by atoms with Gasteiger partial charge in [-0.2, -0.15) is 0 Å². The summed E-state index contributed by atoms with van der Waals surface area (Å²) < 4.78 is 0. The van der Waals surface area contributed by atoms with Crippen LogP contribution < -0.4 is 16.8 Å². The summed E-state index contributed by atoms with van der Waals surface area (Å²) in [5, 5.41) is 3.38. The van der Waals surface area contributed by atoms with Gasteiger partial charge in [-0.25, -0.2) is 0 Å². The SMILES string of the molecule is CCCc1cc(NC(=O)c2cc(CCC)c(N)c(CCC)c2-c2ccccc2)c(-c2ccccc2)c(CCC)c1N. The van der Waals surface area contributed by atoms with E-state index in [1.54, 1.807) is 0 Å². The molecule has 0 heterocycles. The van der Waals surface area contributed by atoms with Crippen LogP contribution >= 0.6 is 0 Å². The average Bonchev–Trinajstić information content (AvgIpc) is 2.98. The van der Waals surface area contributed by atoms with Crippen molar-refractivity contribution in [2.24, 2.45) is 0 Å². The average molecular weight is 548 g/mol. The molecule has 1 amide bonds. The number of anilines is 3. The fourth-order valence-corrected chi connectivity index (χ4v) is 5.94. The van der Waals surface area contributed by atoms with Crippen LogP contribution in [0.1, 0.15) is 86.0 Å². The van der Waals surface area contributed by atoms with Crippen LogP contribution in [0.5, 0.6) is 0 Å². The summed E-state index contributed by atoms with van der Waals surface area (Å²) in [7, 11) is 0. The van der Waals surface area contributed by atoms with Gasteiger partial charge in [0.15, 0.2) is 0 Å². The van der Waals surface area contributed by atoms with Crippen molar-refractivity contribution in [2.45, 2.75) is 79.1 Å². The molecule has 4 heteroatoms. The number of nitrogens with two attached hydrogens (primary N) is 2. The Morgan fingerprint density at radius 3 is 1.54 bits per heavy atom. The van der Waals surface area contributed by atoms with Crippen LogP contribution in [-0.4, -0.2) is 5.91 Å². The number of nitrogen functional groups attached to an aromatic ring is 2. The van der Waals surface area contributed by atoms with Gasteiger partial charge in [0.05, 0.1) is 0 Å². The number of hydrogen-bond donors (Lipinski definition) is 3. The Balaban J connectivity index is 1.96. The van der Waals surface area contributed by atoms with E-state index < -0.39 is 0 Å². The molecule has 41 heavy (non-hydrogen) atoms. The zero-order valence-electron chi connectivity index (χ0n) is 25.1. The van der Waals surface area contributed by atoms with E-state index in [4.69, 9.17) is 11.5 Å². The van der Waals surface area contributed by atoms with Gasteiger partial charge in [0.2, 0.25) is 0 Å². The van der Waals surface area contributed by atoms with Crippen molar-refractivity contribution in [2.75, 3.05) is 16.8 Å². The minimum Gasteiger partial charge on any atom is -0.398 e. The van der Waals surface area contributed by atoms with Crippen LogP contribution in [0, 0.1) is 0 Å². The van der Waals surface area contributed by atoms with Crippen LogP contribution in [0.25, 0.3) is 22.3 Å². The first-order chi connectivity index (χ1) is 19.9. The zero-order valence-corrected chi connectivity index (χ0v) is 25.1. The third-order valence-corrected chi connectivity index (χ3v) is 7.78. The van der Waals surface area contributed by atoms with Gasteiger partial charge in [-0.15, -0.1) is 0 Å². The molecule has 0 atom stereocenters. The van der Waals surface area contributed by atoms with E-state index >= 15 is 0 Å². The minimum absolute atomic E-state index is 0.120. The van der Waals surface area contributed by atoms with Crippen molar-refractivity contribution in [3.8, 4) is 22.3 Å². The number of aryl methyl sites for hydroxylation is 2. The standard InChI is InChI=1S/C37H45N3O/c1-5-15-27-23-31(33(25-19-11-9-12-20-25)29(17-7-3)35(27)38)37(41)40-32-24-28(16-6-2)36(39)30(18-8-4)34(32)26-21-13-10-14-22-26/h9-14,19-24H,5-8,15-18,38-39H2,1-4H3,(H,40,41). The van der Waals surface area contributed by atoms with E-state index in [1.165, 1.54) is 0 Å². The molecule has 0 radical (unpaired) electrons. The smallest absolute Gasteiger partial charge is 0.256 e. The molecule has 0 aliphatic heterocycles. The molecule has 0 saturated carbocycles. The van der Waals surface area contributed by atoms with Crippen molar-refractivity contribution in [1.29, 1.82) is 0 Å². The Morgan fingerprint density at radius 2 is 1.05 bits per heavy atom. The highest BCUT2D eigenvalue weighted by molar-refractivity contribution is 6.12. The number of benzene rings is 4. The molecular weight excluding hydrogens is 502 g/mol. The van der Waals surface area contributed by atoms with Crippen LogP contribution in [-0.2, 0) is 25.7 Å². The molecule has 0 unspecified atom stereocenters. The quantitative estimate of drug-likeness (QED) is 0.155. The van der Waals surface area contributed by atoms with Crippen LogP contribution in [0.15, 0.2) is 72.8 Å². The molecule has 0 aliphatic rings. The summed E-state index contributed by atoms with van der Waals surface area (Å²) in [6.45, 7) is 8.64. The Labute approximate surface area is 246 Å². The van der Waals surface area contributed by atoms with Crippen molar-refractivity contribution in [1.82, 2.24) is 0 Å². The van der Waals surface area contributed by atoms with Gasteiger partial charge >= 0.3 is 0 Å². The summed E-state index contributed by atoms with van der Waals surface area (Å²) in [5.74, 6) is -0.120.